The molecule has 5 nitrogen and oxygen atoms in total. The van der Waals surface area contributed by atoms with Gasteiger partial charge in [0.15, 0.2) is 0 Å². The van der Waals surface area contributed by atoms with Gasteiger partial charge in [-0.15, -0.1) is 6.42 Å². The van der Waals surface area contributed by atoms with E-state index >= 15 is 0 Å². The van der Waals surface area contributed by atoms with Gasteiger partial charge in [-0.2, -0.15) is 0 Å². The third-order valence-electron chi connectivity index (χ3n) is 3.57. The van der Waals surface area contributed by atoms with Crippen LogP contribution < -0.4 is 10.2 Å². The van der Waals surface area contributed by atoms with Crippen LogP contribution in [-0.2, 0) is 9.53 Å². The van der Waals surface area contributed by atoms with Crippen molar-refractivity contribution in [2.45, 2.75) is 45.8 Å². The molecule has 1 aromatic carbocycles. The first kappa shape index (κ1) is 16.9. The van der Waals surface area contributed by atoms with Gasteiger partial charge in [-0.1, -0.05) is 5.92 Å². The van der Waals surface area contributed by atoms with E-state index in [0.717, 1.165) is 11.3 Å². The van der Waals surface area contributed by atoms with E-state index in [2.05, 4.69) is 11.2 Å². The molecule has 2 amide bonds. The van der Waals surface area contributed by atoms with Crippen LogP contribution in [0, 0.1) is 12.3 Å². The van der Waals surface area contributed by atoms with Gasteiger partial charge >= 0.3 is 6.09 Å². The Morgan fingerprint density at radius 3 is 2.65 bits per heavy atom. The van der Waals surface area contributed by atoms with Gasteiger partial charge in [-0.25, -0.2) is 4.79 Å². The van der Waals surface area contributed by atoms with Gasteiger partial charge in [-0.3, -0.25) is 4.79 Å². The number of hydrogen-bond acceptors (Lipinski definition) is 3. The van der Waals surface area contributed by atoms with E-state index in [1.807, 2.05) is 32.9 Å². The highest BCUT2D eigenvalue weighted by molar-refractivity contribution is 5.93. The third kappa shape index (κ3) is 4.04. The van der Waals surface area contributed by atoms with E-state index in [1.165, 1.54) is 6.92 Å². The zero-order chi connectivity index (χ0) is 17.2. The number of nitrogens with zero attached hydrogens (tertiary/aromatic N) is 1. The molecule has 0 bridgehead atoms. The van der Waals surface area contributed by atoms with Crippen LogP contribution in [0.15, 0.2) is 18.2 Å². The Morgan fingerprint density at radius 1 is 1.39 bits per heavy atom. The molecule has 0 saturated heterocycles. The number of rotatable bonds is 1. The van der Waals surface area contributed by atoms with E-state index in [4.69, 9.17) is 11.2 Å². The number of carbonyl (C=O) groups excluding carboxylic acids is 2. The van der Waals surface area contributed by atoms with Crippen molar-refractivity contribution in [1.82, 2.24) is 5.32 Å². The van der Waals surface area contributed by atoms with E-state index in [0.29, 0.717) is 18.5 Å². The summed E-state index contributed by atoms with van der Waals surface area (Å²) in [5.74, 6) is 2.55. The molecular weight excluding hydrogens is 292 g/mol. The summed E-state index contributed by atoms with van der Waals surface area (Å²) in [5, 5.41) is 2.87. The summed E-state index contributed by atoms with van der Waals surface area (Å²) in [7, 11) is 0. The molecule has 1 aromatic rings. The minimum atomic E-state index is -0.562. The average molecular weight is 314 g/mol. The van der Waals surface area contributed by atoms with Crippen LogP contribution in [0.2, 0.25) is 0 Å². The van der Waals surface area contributed by atoms with Crippen molar-refractivity contribution in [1.29, 1.82) is 0 Å². The molecule has 0 aliphatic carbocycles. The van der Waals surface area contributed by atoms with Crippen molar-refractivity contribution >= 4 is 17.7 Å². The summed E-state index contributed by atoms with van der Waals surface area (Å²) >= 11 is 0. The summed E-state index contributed by atoms with van der Waals surface area (Å²) in [6.45, 7) is 7.51. The van der Waals surface area contributed by atoms with Gasteiger partial charge in [0.1, 0.15) is 5.60 Å². The number of carbonyl (C=O) groups is 2. The fraction of sp³-hybridized carbons (Fsp3) is 0.444. The maximum atomic E-state index is 12.1. The fourth-order valence-corrected chi connectivity index (χ4v) is 2.63. The lowest BCUT2D eigenvalue weighted by atomic mass is 9.94. The van der Waals surface area contributed by atoms with Gasteiger partial charge < -0.3 is 15.0 Å². The monoisotopic (exact) mass is 314 g/mol. The highest BCUT2D eigenvalue weighted by Gasteiger charge is 2.29. The summed E-state index contributed by atoms with van der Waals surface area (Å²) in [6, 6.07) is 5.23. The summed E-state index contributed by atoms with van der Waals surface area (Å²) in [5.41, 5.74) is 1.77. The first-order chi connectivity index (χ1) is 10.7. The zero-order valence-corrected chi connectivity index (χ0v) is 14.0. The quantitative estimate of drug-likeness (QED) is 0.811. The molecule has 23 heavy (non-hydrogen) atoms. The molecule has 1 unspecified atom stereocenters. The normalized spacial score (nSPS) is 17.0. The van der Waals surface area contributed by atoms with E-state index in [1.54, 1.807) is 11.0 Å². The molecular formula is C18H22N2O3. The Bertz CT molecular complexity index is 668. The lowest BCUT2D eigenvalue weighted by Gasteiger charge is -2.34. The Balaban J connectivity index is 2.30. The van der Waals surface area contributed by atoms with Gasteiger partial charge in [-0.05, 0) is 51.0 Å². The molecule has 1 aliphatic heterocycles. The fourth-order valence-electron chi connectivity index (χ4n) is 2.63. The maximum absolute atomic E-state index is 12.1. The lowest BCUT2D eigenvalue weighted by Crippen LogP contribution is -2.41. The van der Waals surface area contributed by atoms with E-state index in [9.17, 15) is 9.59 Å². The minimum Gasteiger partial charge on any atom is -0.444 e. The number of fused-ring (bicyclic) bond motifs is 1. The van der Waals surface area contributed by atoms with Gasteiger partial charge in [0.25, 0.3) is 0 Å². The van der Waals surface area contributed by atoms with Crippen molar-refractivity contribution < 1.29 is 14.3 Å². The number of amides is 2. The SMILES string of the molecule is C#Cc1ccc2c(c1)C(NC(=O)OC(C)(C)C)CCN2C(C)=O. The predicted octanol–water partition coefficient (Wildman–Crippen LogP) is 2.99. The second kappa shape index (κ2) is 6.33. The topological polar surface area (TPSA) is 58.6 Å². The number of anilines is 1. The van der Waals surface area contributed by atoms with Crippen LogP contribution in [0.25, 0.3) is 0 Å². The first-order valence-corrected chi connectivity index (χ1v) is 7.59. The first-order valence-electron chi connectivity index (χ1n) is 7.59. The van der Waals surface area contributed by atoms with E-state index in [-0.39, 0.29) is 11.9 Å². The van der Waals surface area contributed by atoms with Crippen LogP contribution in [-0.4, -0.2) is 24.1 Å². The highest BCUT2D eigenvalue weighted by Crippen LogP contribution is 2.34. The van der Waals surface area contributed by atoms with Gasteiger partial charge in [0, 0.05) is 24.7 Å². The summed E-state index contributed by atoms with van der Waals surface area (Å²) in [4.78, 5) is 25.6. The largest absolute Gasteiger partial charge is 0.444 e. The third-order valence-corrected chi connectivity index (χ3v) is 3.57. The smallest absolute Gasteiger partial charge is 0.408 e. The summed E-state index contributed by atoms with van der Waals surface area (Å²) < 4.78 is 5.32. The Morgan fingerprint density at radius 2 is 2.09 bits per heavy atom. The van der Waals surface area contributed by atoms with Crippen LogP contribution in [0.4, 0.5) is 10.5 Å². The Hall–Kier alpha value is -2.48. The van der Waals surface area contributed by atoms with Crippen LogP contribution in [0.1, 0.15) is 51.3 Å². The van der Waals surface area contributed by atoms with E-state index < -0.39 is 11.7 Å². The molecule has 1 atom stereocenters. The molecule has 0 aromatic heterocycles. The molecule has 1 aliphatic rings. The van der Waals surface area contributed by atoms with Crippen LogP contribution in [0.3, 0.4) is 0 Å². The number of nitrogens with one attached hydrogen (secondary N) is 1. The van der Waals surface area contributed by atoms with Crippen LogP contribution >= 0.6 is 0 Å². The lowest BCUT2D eigenvalue weighted by molar-refractivity contribution is -0.116. The standard InChI is InChI=1S/C18H22N2O3/c1-6-13-7-8-16-14(11-13)15(9-10-20(16)12(2)21)19-17(22)23-18(3,4)5/h1,7-8,11,15H,9-10H2,2-5H3,(H,19,22). The Kier molecular flexibility index (Phi) is 4.65. The molecule has 1 N–H and O–H groups in total. The molecule has 0 radical (unpaired) electrons. The molecule has 5 heteroatoms. The number of alkyl carbamates (subject to hydrolysis) is 1. The second-order valence-electron chi connectivity index (χ2n) is 6.58. The average Bonchev–Trinajstić information content (AvgIpc) is 2.44. The molecule has 1 heterocycles. The molecule has 0 spiro atoms. The maximum Gasteiger partial charge on any atom is 0.408 e. The number of hydrogen-bond donors (Lipinski definition) is 1. The number of terminal acetylenes is 1. The Labute approximate surface area is 137 Å². The van der Waals surface area contributed by atoms with Crippen molar-refractivity contribution in [2.75, 3.05) is 11.4 Å². The highest BCUT2D eigenvalue weighted by atomic mass is 16.6. The number of ether oxygens (including phenoxy) is 1. The molecule has 0 fully saturated rings. The minimum absolute atomic E-state index is 0.0320. The van der Waals surface area contributed by atoms with Crippen molar-refractivity contribution in [3.8, 4) is 12.3 Å². The summed E-state index contributed by atoms with van der Waals surface area (Å²) in [6.07, 6.45) is 5.60. The molecule has 122 valence electrons. The van der Waals surface area contributed by atoms with Gasteiger partial charge in [0.05, 0.1) is 6.04 Å². The predicted molar refractivity (Wildman–Crippen MR) is 89.1 cm³/mol. The van der Waals surface area contributed by atoms with Crippen molar-refractivity contribution in [3.63, 3.8) is 0 Å². The van der Waals surface area contributed by atoms with Crippen LogP contribution in [0.5, 0.6) is 0 Å². The molecule has 2 rings (SSSR count). The number of benzene rings is 1. The zero-order valence-electron chi connectivity index (χ0n) is 14.0. The second-order valence-corrected chi connectivity index (χ2v) is 6.58. The van der Waals surface area contributed by atoms with Crippen molar-refractivity contribution in [2.24, 2.45) is 0 Å². The van der Waals surface area contributed by atoms with Gasteiger partial charge in [0.2, 0.25) is 5.91 Å². The molecule has 0 saturated carbocycles. The van der Waals surface area contributed by atoms with Crippen molar-refractivity contribution in [3.05, 3.63) is 29.3 Å².